The summed E-state index contributed by atoms with van der Waals surface area (Å²) in [4.78, 5) is 35.8. The molecule has 1 saturated heterocycles. The summed E-state index contributed by atoms with van der Waals surface area (Å²) in [6.45, 7) is 0.259. The van der Waals surface area contributed by atoms with Crippen molar-refractivity contribution in [1.82, 2.24) is 10.2 Å². The third-order valence-electron chi connectivity index (χ3n) is 3.45. The molecular formula is C14H17FN2O4. The lowest BCUT2D eigenvalue weighted by Gasteiger charge is -2.24. The van der Waals surface area contributed by atoms with E-state index in [1.54, 1.807) is 0 Å². The zero-order valence-electron chi connectivity index (χ0n) is 11.5. The molecule has 1 aliphatic heterocycles. The highest BCUT2D eigenvalue weighted by molar-refractivity contribution is 5.96. The predicted molar refractivity (Wildman–Crippen MR) is 71.8 cm³/mol. The average molecular weight is 296 g/mol. The summed E-state index contributed by atoms with van der Waals surface area (Å²) in [5.41, 5.74) is 0. The molecule has 0 saturated carbocycles. The number of hydrogen-bond donors (Lipinski definition) is 1. The van der Waals surface area contributed by atoms with E-state index in [-0.39, 0.29) is 18.8 Å². The minimum absolute atomic E-state index is 0.242. The molecule has 21 heavy (non-hydrogen) atoms. The van der Waals surface area contributed by atoms with Gasteiger partial charge in [0.1, 0.15) is 18.0 Å². The molecular weight excluding hydrogens is 279 g/mol. The maximum Gasteiger partial charge on any atom is 0.417 e. The maximum absolute atomic E-state index is 12.8. The third-order valence-corrected chi connectivity index (χ3v) is 3.45. The molecule has 1 aliphatic carbocycles. The number of carbonyl (C=O) groups is 3. The molecule has 2 aliphatic rings. The fraction of sp³-hybridized carbons (Fsp3) is 0.500. The van der Waals surface area contributed by atoms with Crippen molar-refractivity contribution in [2.75, 3.05) is 6.54 Å². The highest BCUT2D eigenvalue weighted by Gasteiger charge is 2.32. The molecule has 1 unspecified atom stereocenters. The van der Waals surface area contributed by atoms with Crippen molar-refractivity contribution in [3.63, 3.8) is 0 Å². The van der Waals surface area contributed by atoms with Crippen molar-refractivity contribution in [1.29, 1.82) is 0 Å². The lowest BCUT2D eigenvalue weighted by atomic mass is 10.1. The molecule has 0 bridgehead atoms. The minimum Gasteiger partial charge on any atom is -0.441 e. The topological polar surface area (TPSA) is 75.7 Å². The summed E-state index contributed by atoms with van der Waals surface area (Å²) in [7, 11) is 0. The fourth-order valence-electron chi connectivity index (χ4n) is 2.31. The van der Waals surface area contributed by atoms with Gasteiger partial charge in [-0.15, -0.1) is 0 Å². The second-order valence-corrected chi connectivity index (χ2v) is 4.93. The Morgan fingerprint density at radius 2 is 2.29 bits per heavy atom. The third kappa shape index (κ3) is 3.90. The first-order chi connectivity index (χ1) is 10.1. The van der Waals surface area contributed by atoms with Gasteiger partial charge in [0.25, 0.3) is 5.91 Å². The highest BCUT2D eigenvalue weighted by Crippen LogP contribution is 2.17. The van der Waals surface area contributed by atoms with E-state index in [9.17, 15) is 18.8 Å². The highest BCUT2D eigenvalue weighted by atomic mass is 19.1. The molecule has 0 radical (unpaired) electrons. The SMILES string of the molecule is O=CN[C@H]1CCCCN(C(=O)OC2C=CC(F)=CC2)C1=O. The van der Waals surface area contributed by atoms with Gasteiger partial charge in [-0.3, -0.25) is 9.59 Å². The van der Waals surface area contributed by atoms with Crippen LogP contribution in [0, 0.1) is 0 Å². The first-order valence-corrected chi connectivity index (χ1v) is 6.87. The quantitative estimate of drug-likeness (QED) is 0.799. The van der Waals surface area contributed by atoms with Crippen molar-refractivity contribution >= 4 is 18.4 Å². The second kappa shape index (κ2) is 7.01. The van der Waals surface area contributed by atoms with E-state index in [1.165, 1.54) is 18.2 Å². The Bertz CT molecular complexity index is 489. The van der Waals surface area contributed by atoms with E-state index in [2.05, 4.69) is 5.32 Å². The largest absolute Gasteiger partial charge is 0.441 e. The number of ether oxygens (including phenoxy) is 1. The number of likely N-dealkylation sites (tertiary alicyclic amines) is 1. The monoisotopic (exact) mass is 296 g/mol. The molecule has 2 rings (SSSR count). The van der Waals surface area contributed by atoms with Crippen LogP contribution < -0.4 is 5.32 Å². The molecule has 0 aromatic rings. The first-order valence-electron chi connectivity index (χ1n) is 6.87. The van der Waals surface area contributed by atoms with Gasteiger partial charge in [0.15, 0.2) is 0 Å². The van der Waals surface area contributed by atoms with E-state index in [0.29, 0.717) is 19.3 Å². The van der Waals surface area contributed by atoms with E-state index < -0.39 is 24.1 Å². The van der Waals surface area contributed by atoms with E-state index in [0.717, 1.165) is 11.3 Å². The van der Waals surface area contributed by atoms with Gasteiger partial charge in [-0.05, 0) is 37.5 Å². The van der Waals surface area contributed by atoms with E-state index in [4.69, 9.17) is 4.74 Å². The van der Waals surface area contributed by atoms with Crippen molar-refractivity contribution in [2.45, 2.75) is 37.8 Å². The van der Waals surface area contributed by atoms with Gasteiger partial charge in [0.05, 0.1) is 0 Å². The number of nitrogens with zero attached hydrogens (tertiary/aromatic N) is 1. The first kappa shape index (κ1) is 15.2. The Morgan fingerprint density at radius 1 is 1.48 bits per heavy atom. The zero-order chi connectivity index (χ0) is 15.2. The Balaban J connectivity index is 1.98. The van der Waals surface area contributed by atoms with Gasteiger partial charge in [-0.25, -0.2) is 14.1 Å². The summed E-state index contributed by atoms with van der Waals surface area (Å²) in [5.74, 6) is -0.838. The van der Waals surface area contributed by atoms with Crippen LogP contribution in [-0.4, -0.2) is 42.0 Å². The Labute approximate surface area is 121 Å². The number of rotatable bonds is 3. The van der Waals surface area contributed by atoms with Gasteiger partial charge >= 0.3 is 6.09 Å². The van der Waals surface area contributed by atoms with E-state index >= 15 is 0 Å². The van der Waals surface area contributed by atoms with Crippen molar-refractivity contribution in [2.24, 2.45) is 0 Å². The molecule has 1 N–H and O–H groups in total. The van der Waals surface area contributed by atoms with Crippen LogP contribution in [-0.2, 0) is 14.3 Å². The van der Waals surface area contributed by atoms with Crippen molar-refractivity contribution in [3.8, 4) is 0 Å². The zero-order valence-corrected chi connectivity index (χ0v) is 11.5. The molecule has 7 heteroatoms. The number of imide groups is 1. The fourth-order valence-corrected chi connectivity index (χ4v) is 2.31. The molecule has 1 fully saturated rings. The van der Waals surface area contributed by atoms with Crippen LogP contribution in [0.3, 0.4) is 0 Å². The number of hydrogen-bond acceptors (Lipinski definition) is 4. The standard InChI is InChI=1S/C14H17FN2O4/c15-10-4-6-11(7-5-10)21-14(20)17-8-2-1-3-12(13(17)19)16-9-18/h4-6,9,11-12H,1-3,7-8H2,(H,16,18)/t11?,12-/m0/s1. The number of amides is 3. The molecule has 2 atom stereocenters. The number of carbonyl (C=O) groups excluding carboxylic acids is 3. The minimum atomic E-state index is -0.759. The van der Waals surface area contributed by atoms with Crippen LogP contribution in [0.15, 0.2) is 24.1 Å². The van der Waals surface area contributed by atoms with Gasteiger partial charge in [-0.2, -0.15) is 0 Å². The smallest absolute Gasteiger partial charge is 0.417 e. The molecule has 0 aromatic carbocycles. The lowest BCUT2D eigenvalue weighted by Crippen LogP contribution is -2.48. The number of allylic oxidation sites excluding steroid dienone is 2. The Hall–Kier alpha value is -2.18. The second-order valence-electron chi connectivity index (χ2n) is 4.93. The number of halogens is 1. The van der Waals surface area contributed by atoms with Crippen molar-refractivity contribution in [3.05, 3.63) is 24.1 Å². The van der Waals surface area contributed by atoms with Crippen LogP contribution in [0.2, 0.25) is 0 Å². The average Bonchev–Trinajstić information content (AvgIpc) is 2.65. The number of nitrogens with one attached hydrogen (secondary N) is 1. The van der Waals surface area contributed by atoms with Gasteiger partial charge in [-0.1, -0.05) is 0 Å². The summed E-state index contributed by atoms with van der Waals surface area (Å²) in [6.07, 6.45) is 5.23. The van der Waals surface area contributed by atoms with Crippen LogP contribution in [0.1, 0.15) is 25.7 Å². The molecule has 114 valence electrons. The Kier molecular flexibility index (Phi) is 5.08. The molecule has 1 heterocycles. The maximum atomic E-state index is 12.8. The van der Waals surface area contributed by atoms with Crippen LogP contribution in [0.4, 0.5) is 9.18 Å². The van der Waals surface area contributed by atoms with Crippen LogP contribution >= 0.6 is 0 Å². The van der Waals surface area contributed by atoms with Crippen molar-refractivity contribution < 1.29 is 23.5 Å². The summed E-state index contributed by atoms with van der Waals surface area (Å²) in [6, 6.07) is -0.697. The molecule has 0 spiro atoms. The Morgan fingerprint density at radius 3 is 2.95 bits per heavy atom. The lowest BCUT2D eigenvalue weighted by molar-refractivity contribution is -0.132. The summed E-state index contributed by atoms with van der Waals surface area (Å²) >= 11 is 0. The van der Waals surface area contributed by atoms with Crippen LogP contribution in [0.5, 0.6) is 0 Å². The molecule has 0 aromatic heterocycles. The van der Waals surface area contributed by atoms with Crippen LogP contribution in [0.25, 0.3) is 0 Å². The summed E-state index contributed by atoms with van der Waals surface area (Å²) in [5, 5.41) is 2.42. The molecule has 3 amide bonds. The van der Waals surface area contributed by atoms with Gasteiger partial charge in [0, 0.05) is 13.0 Å². The molecule has 6 nitrogen and oxygen atoms in total. The van der Waals surface area contributed by atoms with E-state index in [1.807, 2.05) is 0 Å². The normalized spacial score (nSPS) is 25.9. The van der Waals surface area contributed by atoms with Gasteiger partial charge in [0.2, 0.25) is 6.41 Å². The predicted octanol–water partition coefficient (Wildman–Crippen LogP) is 1.43. The van der Waals surface area contributed by atoms with Gasteiger partial charge < -0.3 is 10.1 Å². The summed E-state index contributed by atoms with van der Waals surface area (Å²) < 4.78 is 18.0.